The number of hydrogen-bond acceptors (Lipinski definition) is 0. The molecule has 254 valence electrons. The monoisotopic (exact) mass is 687 g/mol. The summed E-state index contributed by atoms with van der Waals surface area (Å²) in [7, 11) is 0. The van der Waals surface area contributed by atoms with Gasteiger partial charge in [0.15, 0.2) is 0 Å². The van der Waals surface area contributed by atoms with Crippen LogP contribution in [-0.2, 0) is 5.41 Å². The summed E-state index contributed by atoms with van der Waals surface area (Å²) in [5.74, 6) is 1.60. The average molecular weight is 688 g/mol. The Morgan fingerprint density at radius 3 is 1.78 bits per heavy atom. The van der Waals surface area contributed by atoms with E-state index in [0.717, 1.165) is 11.8 Å². The highest BCUT2D eigenvalue weighted by molar-refractivity contribution is 6.39. The highest BCUT2D eigenvalue weighted by Crippen LogP contribution is 2.62. The van der Waals surface area contributed by atoms with E-state index < -0.39 is 0 Å². The molecular weight excluding hydrogens is 651 g/mol. The van der Waals surface area contributed by atoms with Gasteiger partial charge >= 0.3 is 0 Å². The van der Waals surface area contributed by atoms with Crippen LogP contribution in [0.3, 0.4) is 0 Å². The zero-order valence-corrected chi connectivity index (χ0v) is 30.0. The molecule has 0 saturated heterocycles. The number of nitrogens with zero attached hydrogens (tertiary/aromatic N) is 1. The van der Waals surface area contributed by atoms with Crippen molar-refractivity contribution in [1.82, 2.24) is 4.57 Å². The molecule has 1 atom stereocenters. The molecule has 9 aromatic carbocycles. The van der Waals surface area contributed by atoms with E-state index in [9.17, 15) is 0 Å². The summed E-state index contributed by atoms with van der Waals surface area (Å²) in [5, 5.41) is 16.1. The highest BCUT2D eigenvalue weighted by atomic mass is 15.0. The van der Waals surface area contributed by atoms with Crippen LogP contribution in [0.4, 0.5) is 0 Å². The van der Waals surface area contributed by atoms with Gasteiger partial charge in [-0.05, 0) is 150 Å². The summed E-state index contributed by atoms with van der Waals surface area (Å²) < 4.78 is 2.43. The number of para-hydroxylation sites is 2. The van der Waals surface area contributed by atoms with Gasteiger partial charge in [0.2, 0.25) is 0 Å². The van der Waals surface area contributed by atoms with E-state index in [0.29, 0.717) is 5.41 Å². The standard InChI is InChI=1S/C53H37N/c1-2-10-38(11-3-1)54-49-17-9-8-14-42(49)43-21-18-34(27-50(43)54)33-19-22-46-47(26-33)41-23-20-37(53-29-32(30-53)24-35-25-36(35)31-53)28-48(41)52-45-16-7-5-13-40(45)39-12-4-6-15-44(39)51(46)52/h1-23,25-28,32,36H,24,29-31H2. The summed E-state index contributed by atoms with van der Waals surface area (Å²) in [4.78, 5) is 0. The molecule has 3 saturated carbocycles. The topological polar surface area (TPSA) is 4.93 Å². The lowest BCUT2D eigenvalue weighted by Gasteiger charge is -2.47. The van der Waals surface area contributed by atoms with Crippen LogP contribution in [0.1, 0.15) is 31.2 Å². The molecule has 0 radical (unpaired) electrons. The molecular formula is C53H37N. The Labute approximate surface area is 313 Å². The molecule has 3 fully saturated rings. The van der Waals surface area contributed by atoms with Crippen LogP contribution in [0.15, 0.2) is 169 Å². The van der Waals surface area contributed by atoms with Gasteiger partial charge in [-0.3, -0.25) is 0 Å². The molecule has 1 aromatic heterocycles. The van der Waals surface area contributed by atoms with Crippen molar-refractivity contribution in [2.24, 2.45) is 11.8 Å². The molecule has 2 bridgehead atoms. The van der Waals surface area contributed by atoms with Crippen LogP contribution in [0, 0.1) is 11.8 Å². The molecule has 1 unspecified atom stereocenters. The van der Waals surface area contributed by atoms with Gasteiger partial charge in [0, 0.05) is 16.5 Å². The first-order valence-corrected chi connectivity index (χ1v) is 19.7. The third-order valence-electron chi connectivity index (χ3n) is 13.7. The molecule has 1 heteroatoms. The minimum Gasteiger partial charge on any atom is -0.309 e. The number of rotatable bonds is 3. The maximum atomic E-state index is 2.64. The molecule has 14 rings (SSSR count). The van der Waals surface area contributed by atoms with Gasteiger partial charge in [-0.1, -0.05) is 133 Å². The van der Waals surface area contributed by atoms with Crippen molar-refractivity contribution in [1.29, 1.82) is 0 Å². The maximum Gasteiger partial charge on any atom is 0.0547 e. The summed E-state index contributed by atoms with van der Waals surface area (Å²) >= 11 is 0. The molecule has 10 aromatic rings. The van der Waals surface area contributed by atoms with E-state index in [1.165, 1.54) is 118 Å². The second-order valence-electron chi connectivity index (χ2n) is 16.6. The van der Waals surface area contributed by atoms with Crippen LogP contribution in [0.5, 0.6) is 0 Å². The van der Waals surface area contributed by atoms with Crippen molar-refractivity contribution in [2.45, 2.75) is 31.1 Å². The van der Waals surface area contributed by atoms with Gasteiger partial charge < -0.3 is 4.57 Å². The zero-order valence-electron chi connectivity index (χ0n) is 30.0. The first kappa shape index (κ1) is 29.3. The van der Waals surface area contributed by atoms with Gasteiger partial charge in [-0.2, -0.15) is 0 Å². The van der Waals surface area contributed by atoms with Crippen LogP contribution in [0.25, 0.3) is 92.5 Å². The van der Waals surface area contributed by atoms with Crippen LogP contribution in [-0.4, -0.2) is 4.57 Å². The quantitative estimate of drug-likeness (QED) is 0.129. The lowest BCUT2D eigenvalue weighted by Crippen LogP contribution is -2.40. The van der Waals surface area contributed by atoms with Crippen LogP contribution < -0.4 is 0 Å². The molecule has 0 amide bonds. The van der Waals surface area contributed by atoms with E-state index in [1.54, 1.807) is 11.1 Å². The minimum absolute atomic E-state index is 0.306. The fourth-order valence-electron chi connectivity index (χ4n) is 11.3. The number of benzene rings is 9. The van der Waals surface area contributed by atoms with Crippen LogP contribution >= 0.6 is 0 Å². The Bertz CT molecular complexity index is 3280. The van der Waals surface area contributed by atoms with Crippen molar-refractivity contribution in [3.05, 3.63) is 175 Å². The summed E-state index contributed by atoms with van der Waals surface area (Å²) in [6.07, 6.45) is 7.88. The lowest BCUT2D eigenvalue weighted by atomic mass is 9.57. The van der Waals surface area contributed by atoms with Gasteiger partial charge in [-0.25, -0.2) is 0 Å². The first-order valence-electron chi connectivity index (χ1n) is 19.7. The summed E-state index contributed by atoms with van der Waals surface area (Å²) in [5.41, 5.74) is 9.75. The fourth-order valence-corrected chi connectivity index (χ4v) is 11.3. The largest absolute Gasteiger partial charge is 0.309 e. The lowest BCUT2D eigenvalue weighted by molar-refractivity contribution is 0.142. The summed E-state index contributed by atoms with van der Waals surface area (Å²) in [6.45, 7) is 0. The Morgan fingerprint density at radius 2 is 1.00 bits per heavy atom. The number of fused-ring (bicyclic) bond motifs is 14. The Kier molecular flexibility index (Phi) is 5.69. The van der Waals surface area contributed by atoms with E-state index in [2.05, 4.69) is 168 Å². The molecule has 4 aliphatic carbocycles. The Hall–Kier alpha value is -6.18. The average Bonchev–Trinajstić information content (AvgIpc) is 3.93. The predicted molar refractivity (Wildman–Crippen MR) is 229 cm³/mol. The normalized spacial score (nSPS) is 20.5. The van der Waals surface area contributed by atoms with Gasteiger partial charge in [0.25, 0.3) is 0 Å². The second-order valence-corrected chi connectivity index (χ2v) is 16.6. The number of allylic oxidation sites excluding steroid dienone is 2. The van der Waals surface area contributed by atoms with Crippen molar-refractivity contribution in [3.63, 3.8) is 0 Å². The van der Waals surface area contributed by atoms with E-state index in [-0.39, 0.29) is 0 Å². The molecule has 0 aliphatic heterocycles. The Balaban J connectivity index is 1.11. The molecule has 4 aliphatic rings. The molecule has 0 spiro atoms. The molecule has 1 nitrogen and oxygen atoms in total. The SMILES string of the molecule is C1=C2CC3CC(c4ccc5c6cc(-c7ccc8c9ccccc9n(-c9ccccc9)c8c7)ccc6c6c7ccccc7c7ccccc7c6c5c4)(C3)CC12. The predicted octanol–water partition coefficient (Wildman–Crippen LogP) is 14.2. The maximum absolute atomic E-state index is 2.64. The second kappa shape index (κ2) is 10.5. The van der Waals surface area contributed by atoms with Gasteiger partial charge in [0.05, 0.1) is 11.0 Å². The van der Waals surface area contributed by atoms with Crippen molar-refractivity contribution >= 4 is 75.7 Å². The Morgan fingerprint density at radius 1 is 0.426 bits per heavy atom. The zero-order chi connectivity index (χ0) is 35.1. The number of aromatic nitrogens is 1. The first-order chi connectivity index (χ1) is 26.7. The number of hydrogen-bond donors (Lipinski definition) is 0. The van der Waals surface area contributed by atoms with Gasteiger partial charge in [0.1, 0.15) is 0 Å². The molecule has 54 heavy (non-hydrogen) atoms. The van der Waals surface area contributed by atoms with E-state index in [1.807, 2.05) is 0 Å². The highest BCUT2D eigenvalue weighted by Gasteiger charge is 2.52. The van der Waals surface area contributed by atoms with Crippen LogP contribution in [0.2, 0.25) is 0 Å². The van der Waals surface area contributed by atoms with E-state index in [4.69, 9.17) is 0 Å². The smallest absolute Gasteiger partial charge is 0.0547 e. The molecule has 0 N–H and O–H groups in total. The third kappa shape index (κ3) is 3.94. The summed E-state index contributed by atoms with van der Waals surface area (Å²) in [6, 6.07) is 59.8. The van der Waals surface area contributed by atoms with Crippen molar-refractivity contribution in [3.8, 4) is 16.8 Å². The van der Waals surface area contributed by atoms with Gasteiger partial charge in [-0.15, -0.1) is 0 Å². The third-order valence-corrected chi connectivity index (χ3v) is 13.7. The van der Waals surface area contributed by atoms with E-state index >= 15 is 0 Å². The van der Waals surface area contributed by atoms with Crippen molar-refractivity contribution in [2.75, 3.05) is 0 Å². The fraction of sp³-hybridized carbons (Fsp3) is 0.132. The minimum atomic E-state index is 0.306. The van der Waals surface area contributed by atoms with Crippen molar-refractivity contribution < 1.29 is 0 Å². The molecule has 1 heterocycles.